The van der Waals surface area contributed by atoms with Crippen LogP contribution in [0.15, 0.2) is 48.5 Å². The summed E-state index contributed by atoms with van der Waals surface area (Å²) in [6.45, 7) is 6.20. The highest BCUT2D eigenvalue weighted by molar-refractivity contribution is 5.82. The molecule has 10 nitrogen and oxygen atoms in total. The maximum atomic E-state index is 12.5. The van der Waals surface area contributed by atoms with Gasteiger partial charge in [0, 0.05) is 31.5 Å². The van der Waals surface area contributed by atoms with Gasteiger partial charge >= 0.3 is 18.2 Å². The standard InChI is InChI=1S/C29H35N3O7/c1-29(2,3)39-28(37)32-15-14-18(16-32)30-25(33)13-12-24(26(34)35)31-27(36)38-17-23-21-10-6-4-8-19(21)20-9-5-7-11-22(20)23/h4-11,18,23-24H,12-17H2,1-3H3,(H,30,33)(H,31,36)(H,34,35)/t18-,24?/m1/s1. The van der Waals surface area contributed by atoms with Gasteiger partial charge in [-0.25, -0.2) is 14.4 Å². The normalized spacial score (nSPS) is 17.1. The molecule has 0 bridgehead atoms. The number of alkyl carbamates (subject to hydrolysis) is 1. The second-order valence-corrected chi connectivity index (χ2v) is 10.9. The van der Waals surface area contributed by atoms with E-state index in [1.54, 1.807) is 20.8 Å². The van der Waals surface area contributed by atoms with Crippen molar-refractivity contribution < 1.29 is 33.8 Å². The number of carbonyl (C=O) groups excluding carboxylic acids is 3. The van der Waals surface area contributed by atoms with E-state index in [0.717, 1.165) is 22.3 Å². The topological polar surface area (TPSA) is 134 Å². The third-order valence-corrected chi connectivity index (χ3v) is 6.80. The quantitative estimate of drug-likeness (QED) is 0.465. The molecule has 3 N–H and O–H groups in total. The number of hydrogen-bond donors (Lipinski definition) is 3. The van der Waals surface area contributed by atoms with Gasteiger partial charge in [-0.15, -0.1) is 0 Å². The average Bonchev–Trinajstić information content (AvgIpc) is 3.47. The van der Waals surface area contributed by atoms with Crippen molar-refractivity contribution in [3.05, 3.63) is 59.7 Å². The summed E-state index contributed by atoms with van der Waals surface area (Å²) in [5.41, 5.74) is 3.68. The van der Waals surface area contributed by atoms with E-state index >= 15 is 0 Å². The Morgan fingerprint density at radius 1 is 1.03 bits per heavy atom. The van der Waals surface area contributed by atoms with E-state index in [1.807, 2.05) is 48.5 Å². The lowest BCUT2D eigenvalue weighted by atomic mass is 9.98. The predicted molar refractivity (Wildman–Crippen MR) is 143 cm³/mol. The van der Waals surface area contributed by atoms with Gasteiger partial charge in [0.2, 0.25) is 5.91 Å². The minimum Gasteiger partial charge on any atom is -0.480 e. The highest BCUT2D eigenvalue weighted by Gasteiger charge is 2.32. The van der Waals surface area contributed by atoms with Crippen LogP contribution in [0.5, 0.6) is 0 Å². The van der Waals surface area contributed by atoms with Crippen LogP contribution in [0.1, 0.15) is 57.1 Å². The fraction of sp³-hybridized carbons (Fsp3) is 0.448. The Labute approximate surface area is 227 Å². The lowest BCUT2D eigenvalue weighted by molar-refractivity contribution is -0.139. The smallest absolute Gasteiger partial charge is 0.410 e. The summed E-state index contributed by atoms with van der Waals surface area (Å²) in [5.74, 6) is -1.76. The average molecular weight is 538 g/mol. The number of hydrogen-bond acceptors (Lipinski definition) is 6. The Balaban J connectivity index is 1.24. The predicted octanol–water partition coefficient (Wildman–Crippen LogP) is 3.88. The van der Waals surface area contributed by atoms with Crippen molar-refractivity contribution in [1.29, 1.82) is 0 Å². The number of benzene rings is 2. The maximum absolute atomic E-state index is 12.5. The van der Waals surface area contributed by atoms with E-state index in [-0.39, 0.29) is 37.3 Å². The van der Waals surface area contributed by atoms with Crippen LogP contribution in [-0.2, 0) is 19.1 Å². The molecule has 0 aromatic heterocycles. The van der Waals surface area contributed by atoms with E-state index in [9.17, 15) is 24.3 Å². The summed E-state index contributed by atoms with van der Waals surface area (Å²) in [6, 6.07) is 14.3. The molecule has 208 valence electrons. The zero-order valence-electron chi connectivity index (χ0n) is 22.4. The SMILES string of the molecule is CC(C)(C)OC(=O)N1CC[C@@H](NC(=O)CCC(NC(=O)OCC2c3ccccc3-c3ccccc32)C(=O)O)C1. The number of carboxylic acids is 1. The van der Waals surface area contributed by atoms with Crippen LogP contribution in [0.4, 0.5) is 9.59 Å². The number of carbonyl (C=O) groups is 4. The molecule has 2 atom stereocenters. The highest BCUT2D eigenvalue weighted by atomic mass is 16.6. The number of nitrogens with zero attached hydrogens (tertiary/aromatic N) is 1. The van der Waals surface area contributed by atoms with Crippen molar-refractivity contribution >= 4 is 24.1 Å². The molecule has 1 aliphatic carbocycles. The van der Waals surface area contributed by atoms with Crippen LogP contribution < -0.4 is 10.6 Å². The van der Waals surface area contributed by atoms with Crippen molar-refractivity contribution in [2.24, 2.45) is 0 Å². The van der Waals surface area contributed by atoms with Gasteiger partial charge in [-0.3, -0.25) is 4.79 Å². The van der Waals surface area contributed by atoms with E-state index in [0.29, 0.717) is 19.5 Å². The summed E-state index contributed by atoms with van der Waals surface area (Å²) in [7, 11) is 0. The number of amides is 3. The first-order valence-electron chi connectivity index (χ1n) is 13.1. The van der Waals surface area contributed by atoms with E-state index in [4.69, 9.17) is 9.47 Å². The molecule has 3 amide bonds. The van der Waals surface area contributed by atoms with Crippen LogP contribution in [0.2, 0.25) is 0 Å². The Kier molecular flexibility index (Phi) is 8.42. The number of rotatable bonds is 8. The lowest BCUT2D eigenvalue weighted by Gasteiger charge is -2.24. The van der Waals surface area contributed by atoms with Crippen molar-refractivity contribution in [1.82, 2.24) is 15.5 Å². The number of fused-ring (bicyclic) bond motifs is 3. The van der Waals surface area contributed by atoms with Crippen LogP contribution in [0.25, 0.3) is 11.1 Å². The molecule has 1 saturated heterocycles. The molecule has 0 spiro atoms. The third kappa shape index (κ3) is 7.07. The molecule has 4 rings (SSSR count). The van der Waals surface area contributed by atoms with Crippen molar-refractivity contribution in [3.63, 3.8) is 0 Å². The first kappa shape index (κ1) is 27.9. The van der Waals surface area contributed by atoms with Crippen LogP contribution >= 0.6 is 0 Å². The van der Waals surface area contributed by atoms with Crippen LogP contribution in [-0.4, -0.2) is 71.5 Å². The molecule has 10 heteroatoms. The molecule has 1 heterocycles. The fourth-order valence-corrected chi connectivity index (χ4v) is 4.99. The Bertz CT molecular complexity index is 1190. The lowest BCUT2D eigenvalue weighted by Crippen LogP contribution is -2.43. The molecule has 2 aromatic carbocycles. The van der Waals surface area contributed by atoms with Gasteiger partial charge < -0.3 is 30.1 Å². The Morgan fingerprint density at radius 2 is 1.64 bits per heavy atom. The summed E-state index contributed by atoms with van der Waals surface area (Å²) in [5, 5.41) is 14.8. The van der Waals surface area contributed by atoms with Gasteiger partial charge in [0.15, 0.2) is 0 Å². The third-order valence-electron chi connectivity index (χ3n) is 6.80. The number of nitrogens with one attached hydrogen (secondary N) is 2. The van der Waals surface area contributed by atoms with E-state index < -0.39 is 29.8 Å². The highest BCUT2D eigenvalue weighted by Crippen LogP contribution is 2.44. The molecule has 1 fully saturated rings. The largest absolute Gasteiger partial charge is 0.480 e. The maximum Gasteiger partial charge on any atom is 0.410 e. The molecule has 2 aliphatic rings. The van der Waals surface area contributed by atoms with Gasteiger partial charge in [-0.1, -0.05) is 48.5 Å². The Morgan fingerprint density at radius 3 is 2.23 bits per heavy atom. The molecule has 39 heavy (non-hydrogen) atoms. The Hall–Kier alpha value is -4.08. The molecule has 2 aromatic rings. The zero-order chi connectivity index (χ0) is 28.2. The molecule has 0 radical (unpaired) electrons. The fourth-order valence-electron chi connectivity index (χ4n) is 4.99. The van der Waals surface area contributed by atoms with Gasteiger partial charge in [0.1, 0.15) is 18.2 Å². The molecule has 0 saturated carbocycles. The van der Waals surface area contributed by atoms with Gasteiger partial charge in [0.05, 0.1) is 0 Å². The van der Waals surface area contributed by atoms with Gasteiger partial charge in [-0.2, -0.15) is 0 Å². The number of likely N-dealkylation sites (tertiary alicyclic amines) is 1. The van der Waals surface area contributed by atoms with Crippen molar-refractivity contribution in [3.8, 4) is 11.1 Å². The molecular weight excluding hydrogens is 502 g/mol. The van der Waals surface area contributed by atoms with Crippen LogP contribution in [0.3, 0.4) is 0 Å². The second-order valence-electron chi connectivity index (χ2n) is 10.9. The minimum atomic E-state index is -1.28. The number of aliphatic carboxylic acids is 1. The number of ether oxygens (including phenoxy) is 2. The molecule has 1 aliphatic heterocycles. The second kappa shape index (κ2) is 11.8. The monoisotopic (exact) mass is 537 g/mol. The molecular formula is C29H35N3O7. The summed E-state index contributed by atoms with van der Waals surface area (Å²) >= 11 is 0. The first-order valence-corrected chi connectivity index (χ1v) is 13.1. The first-order chi connectivity index (χ1) is 18.5. The summed E-state index contributed by atoms with van der Waals surface area (Å²) in [6.07, 6.45) is -0.922. The van der Waals surface area contributed by atoms with E-state index in [1.165, 1.54) is 4.90 Å². The van der Waals surface area contributed by atoms with Crippen molar-refractivity contribution in [2.45, 2.75) is 63.6 Å². The van der Waals surface area contributed by atoms with Crippen molar-refractivity contribution in [2.75, 3.05) is 19.7 Å². The zero-order valence-corrected chi connectivity index (χ0v) is 22.4. The van der Waals surface area contributed by atoms with Gasteiger partial charge in [0.25, 0.3) is 0 Å². The van der Waals surface area contributed by atoms with Crippen LogP contribution in [0, 0.1) is 0 Å². The summed E-state index contributed by atoms with van der Waals surface area (Å²) in [4.78, 5) is 50.5. The summed E-state index contributed by atoms with van der Waals surface area (Å²) < 4.78 is 10.8. The number of carboxylic acid groups (broad SMARTS) is 1. The minimum absolute atomic E-state index is 0.0580. The van der Waals surface area contributed by atoms with E-state index in [2.05, 4.69) is 10.6 Å². The molecule has 1 unspecified atom stereocenters. The van der Waals surface area contributed by atoms with Gasteiger partial charge in [-0.05, 0) is 55.9 Å².